The summed E-state index contributed by atoms with van der Waals surface area (Å²) < 4.78 is 18.1. The van der Waals surface area contributed by atoms with E-state index in [4.69, 9.17) is 14.2 Å². The minimum atomic E-state index is -0.697. The minimum Gasteiger partial charge on any atom is -0.457 e. The van der Waals surface area contributed by atoms with E-state index in [0.717, 1.165) is 16.7 Å². The quantitative estimate of drug-likeness (QED) is 0.299. The van der Waals surface area contributed by atoms with Crippen molar-refractivity contribution in [2.45, 2.75) is 65.4 Å². The Kier molecular flexibility index (Phi) is 8.71. The fourth-order valence-electron chi connectivity index (χ4n) is 4.58. The monoisotopic (exact) mass is 532 g/mol. The van der Waals surface area contributed by atoms with E-state index in [1.807, 2.05) is 33.8 Å². The highest BCUT2D eigenvalue weighted by Crippen LogP contribution is 2.31. The molecule has 1 aliphatic heterocycles. The first-order valence-corrected chi connectivity index (χ1v) is 12.9. The summed E-state index contributed by atoms with van der Waals surface area (Å²) in [5, 5.41) is 0. The predicted molar refractivity (Wildman–Crippen MR) is 143 cm³/mol. The number of Topliss-reactive ketones (excluding diaryl/α,β-unsaturated/α-hetero) is 1. The summed E-state index contributed by atoms with van der Waals surface area (Å²) >= 11 is 0. The Morgan fingerprint density at radius 3 is 2.36 bits per heavy atom. The van der Waals surface area contributed by atoms with Gasteiger partial charge in [0.05, 0.1) is 23.8 Å². The molecular weight excluding hydrogens is 500 g/mol. The zero-order valence-electron chi connectivity index (χ0n) is 22.5. The van der Waals surface area contributed by atoms with E-state index < -0.39 is 42.7 Å². The second kappa shape index (κ2) is 12.2. The average molecular weight is 533 g/mol. The van der Waals surface area contributed by atoms with E-state index in [1.54, 1.807) is 42.5 Å². The summed E-state index contributed by atoms with van der Waals surface area (Å²) in [6.07, 6.45) is 0.569. The Balaban J connectivity index is 1.35. The fourth-order valence-corrected chi connectivity index (χ4v) is 4.58. The van der Waals surface area contributed by atoms with Crippen molar-refractivity contribution < 1.29 is 28.6 Å². The molecule has 0 aliphatic carbocycles. The second-order valence-corrected chi connectivity index (χ2v) is 9.69. The first kappa shape index (κ1) is 27.9. The van der Waals surface area contributed by atoms with Gasteiger partial charge in [-0.1, -0.05) is 37.3 Å². The Hall–Kier alpha value is -4.11. The van der Waals surface area contributed by atoms with Crippen molar-refractivity contribution in [2.75, 3.05) is 6.61 Å². The van der Waals surface area contributed by atoms with Crippen LogP contribution in [0.3, 0.4) is 0 Å². The molecule has 1 saturated heterocycles. The summed E-state index contributed by atoms with van der Waals surface area (Å²) in [4.78, 5) is 54.2. The van der Waals surface area contributed by atoms with Crippen molar-refractivity contribution in [1.82, 2.24) is 9.55 Å². The number of benzene rings is 2. The van der Waals surface area contributed by atoms with Crippen LogP contribution in [0.1, 0.15) is 69.1 Å². The molecule has 2 heterocycles. The lowest BCUT2D eigenvalue weighted by Gasteiger charge is -2.17. The summed E-state index contributed by atoms with van der Waals surface area (Å²) in [6, 6.07) is 13.9. The molecule has 39 heavy (non-hydrogen) atoms. The number of carbonyl (C=O) groups is 3. The summed E-state index contributed by atoms with van der Waals surface area (Å²) in [6.45, 7) is 7.15. The van der Waals surface area contributed by atoms with E-state index in [1.165, 1.54) is 10.8 Å². The highest BCUT2D eigenvalue weighted by molar-refractivity contribution is 5.97. The minimum absolute atomic E-state index is 0.00386. The van der Waals surface area contributed by atoms with Crippen LogP contribution in [0.4, 0.5) is 0 Å². The molecule has 204 valence electrons. The SMILES string of the molecule is CCC1OC(n2ccc(CC(=O)c3ccccc3)nc2=O)CC1OC(=O)COC(=O)c1cc(C)c(C)c(C)c1. The summed E-state index contributed by atoms with van der Waals surface area (Å²) in [7, 11) is 0. The number of rotatable bonds is 9. The van der Waals surface area contributed by atoms with Gasteiger partial charge in [0.1, 0.15) is 12.3 Å². The van der Waals surface area contributed by atoms with Gasteiger partial charge in [-0.3, -0.25) is 9.36 Å². The lowest BCUT2D eigenvalue weighted by molar-refractivity contribution is -0.155. The molecule has 1 aromatic heterocycles. The number of aryl methyl sites for hydroxylation is 2. The number of hydrogen-bond acceptors (Lipinski definition) is 8. The first-order chi connectivity index (χ1) is 18.7. The number of aromatic nitrogens is 2. The maximum atomic E-state index is 12.7. The average Bonchev–Trinajstić information content (AvgIpc) is 3.32. The highest BCUT2D eigenvalue weighted by Gasteiger charge is 2.38. The molecule has 4 rings (SSSR count). The van der Waals surface area contributed by atoms with E-state index in [0.29, 0.717) is 23.2 Å². The van der Waals surface area contributed by atoms with E-state index in [-0.39, 0.29) is 18.6 Å². The Morgan fingerprint density at radius 1 is 1.03 bits per heavy atom. The fraction of sp³-hybridized carbons (Fsp3) is 0.367. The third-order valence-corrected chi connectivity index (χ3v) is 6.98. The first-order valence-electron chi connectivity index (χ1n) is 12.9. The predicted octanol–water partition coefficient (Wildman–Crippen LogP) is 4.06. The van der Waals surface area contributed by atoms with Gasteiger partial charge in [-0.2, -0.15) is 4.98 Å². The van der Waals surface area contributed by atoms with Crippen LogP contribution in [0.5, 0.6) is 0 Å². The lowest BCUT2D eigenvalue weighted by Crippen LogP contribution is -2.29. The number of ether oxygens (including phenoxy) is 3. The van der Waals surface area contributed by atoms with Gasteiger partial charge in [0.15, 0.2) is 12.4 Å². The molecule has 3 atom stereocenters. The molecule has 0 saturated carbocycles. The molecule has 0 amide bonds. The summed E-state index contributed by atoms with van der Waals surface area (Å²) in [5.41, 5.74) is 3.75. The third kappa shape index (κ3) is 6.67. The topological polar surface area (TPSA) is 114 Å². The van der Waals surface area contributed by atoms with Gasteiger partial charge in [0.2, 0.25) is 0 Å². The number of esters is 2. The Bertz CT molecular complexity index is 1410. The molecule has 3 aromatic rings. The second-order valence-electron chi connectivity index (χ2n) is 9.69. The van der Waals surface area contributed by atoms with Crippen LogP contribution in [0.2, 0.25) is 0 Å². The molecule has 0 N–H and O–H groups in total. The molecule has 9 heteroatoms. The molecule has 2 aromatic carbocycles. The van der Waals surface area contributed by atoms with Gasteiger partial charge >= 0.3 is 17.6 Å². The smallest absolute Gasteiger partial charge is 0.349 e. The highest BCUT2D eigenvalue weighted by atomic mass is 16.6. The van der Waals surface area contributed by atoms with Gasteiger partial charge in [-0.15, -0.1) is 0 Å². The van der Waals surface area contributed by atoms with Gasteiger partial charge < -0.3 is 14.2 Å². The molecule has 3 unspecified atom stereocenters. The van der Waals surface area contributed by atoms with Crippen molar-refractivity contribution >= 4 is 17.7 Å². The van der Waals surface area contributed by atoms with Crippen molar-refractivity contribution in [1.29, 1.82) is 0 Å². The molecule has 9 nitrogen and oxygen atoms in total. The number of ketones is 1. The molecule has 0 bridgehead atoms. The van der Waals surface area contributed by atoms with Crippen molar-refractivity contribution in [3.63, 3.8) is 0 Å². The van der Waals surface area contributed by atoms with Crippen LogP contribution in [0, 0.1) is 20.8 Å². The molecule has 1 aliphatic rings. The molecular formula is C30H32N2O7. The molecule has 0 radical (unpaired) electrons. The summed E-state index contributed by atoms with van der Waals surface area (Å²) in [5.74, 6) is -1.44. The standard InChI is InChI=1S/C30H32N2O7/c1-5-25-26(39-28(34)17-37-29(35)22-13-18(2)20(4)19(3)14-22)16-27(38-25)32-12-11-23(31-30(32)36)15-24(33)21-9-7-6-8-10-21/h6-14,25-27H,5,15-17H2,1-4H3. The van der Waals surface area contributed by atoms with Crippen molar-refractivity contribution in [3.8, 4) is 0 Å². The van der Waals surface area contributed by atoms with Gasteiger partial charge in [0, 0.05) is 18.2 Å². The van der Waals surface area contributed by atoms with Crippen LogP contribution in [0.25, 0.3) is 0 Å². The van der Waals surface area contributed by atoms with Crippen molar-refractivity contribution in [2.24, 2.45) is 0 Å². The zero-order chi connectivity index (χ0) is 28.1. The third-order valence-electron chi connectivity index (χ3n) is 6.98. The van der Waals surface area contributed by atoms with Crippen molar-refractivity contribution in [3.05, 3.63) is 98.7 Å². The van der Waals surface area contributed by atoms with E-state index >= 15 is 0 Å². The molecule has 0 spiro atoms. The van der Waals surface area contributed by atoms with Gasteiger partial charge in [-0.05, 0) is 62.1 Å². The van der Waals surface area contributed by atoms with Crippen LogP contribution in [0.15, 0.2) is 59.5 Å². The Labute approximate surface area is 226 Å². The van der Waals surface area contributed by atoms with Gasteiger partial charge in [0.25, 0.3) is 0 Å². The molecule has 1 fully saturated rings. The van der Waals surface area contributed by atoms with Crippen LogP contribution < -0.4 is 5.69 Å². The van der Waals surface area contributed by atoms with Crippen LogP contribution in [-0.4, -0.2) is 46.1 Å². The van der Waals surface area contributed by atoms with Crippen LogP contribution in [-0.2, 0) is 25.4 Å². The number of carbonyl (C=O) groups excluding carboxylic acids is 3. The maximum absolute atomic E-state index is 12.7. The normalized spacial score (nSPS) is 18.5. The zero-order valence-corrected chi connectivity index (χ0v) is 22.5. The Morgan fingerprint density at radius 2 is 1.72 bits per heavy atom. The van der Waals surface area contributed by atoms with E-state index in [9.17, 15) is 19.2 Å². The van der Waals surface area contributed by atoms with Gasteiger partial charge in [-0.25, -0.2) is 14.4 Å². The number of nitrogens with zero attached hydrogens (tertiary/aromatic N) is 2. The van der Waals surface area contributed by atoms with Crippen LogP contribution >= 0.6 is 0 Å². The number of hydrogen-bond donors (Lipinski definition) is 0. The lowest BCUT2D eigenvalue weighted by atomic mass is 10.0. The maximum Gasteiger partial charge on any atom is 0.349 e. The van der Waals surface area contributed by atoms with E-state index in [2.05, 4.69) is 4.98 Å². The largest absolute Gasteiger partial charge is 0.457 e.